The molecule has 0 aromatic rings. The Morgan fingerprint density at radius 3 is 2.50 bits per heavy atom. The van der Waals surface area contributed by atoms with Crippen LogP contribution >= 0.6 is 0 Å². The van der Waals surface area contributed by atoms with E-state index < -0.39 is 0 Å². The Morgan fingerprint density at radius 1 is 1.50 bits per heavy atom. The van der Waals surface area contributed by atoms with Crippen molar-refractivity contribution in [2.24, 2.45) is 4.99 Å². The van der Waals surface area contributed by atoms with Gasteiger partial charge in [0.05, 0.1) is 6.34 Å². The lowest BCUT2D eigenvalue weighted by molar-refractivity contribution is 1.18. The summed E-state index contributed by atoms with van der Waals surface area (Å²) in [6, 6.07) is 0. The fourth-order valence-electron chi connectivity index (χ4n) is 0.358. The van der Waals surface area contributed by atoms with Crippen molar-refractivity contribution in [3.63, 3.8) is 0 Å². The van der Waals surface area contributed by atoms with Crippen molar-refractivity contribution < 1.29 is 0 Å². The highest BCUT2D eigenvalue weighted by molar-refractivity contribution is 5.59. The molecule has 0 amide bonds. The van der Waals surface area contributed by atoms with E-state index in [2.05, 4.69) is 30.0 Å². The van der Waals surface area contributed by atoms with Crippen molar-refractivity contribution in [3.05, 3.63) is 37.1 Å². The molecular weight excluding hydrogens is 124 g/mol. The highest BCUT2D eigenvalue weighted by Gasteiger charge is 1.89. The van der Waals surface area contributed by atoms with Gasteiger partial charge in [0.15, 0.2) is 0 Å². The molecule has 0 heterocycles. The highest BCUT2D eigenvalue weighted by atomic mass is 14.9. The monoisotopic (exact) mass is 136 g/mol. The van der Waals surface area contributed by atoms with Crippen LogP contribution < -0.4 is 5.32 Å². The lowest BCUT2D eigenvalue weighted by Gasteiger charge is -2.01. The Kier molecular flexibility index (Phi) is 3.96. The van der Waals surface area contributed by atoms with Gasteiger partial charge in [-0.2, -0.15) is 0 Å². The fraction of sp³-hybridized carbons (Fsp3) is 0.125. The van der Waals surface area contributed by atoms with Crippen LogP contribution in [0.3, 0.4) is 0 Å². The molecule has 0 saturated carbocycles. The minimum atomic E-state index is 0.723. The van der Waals surface area contributed by atoms with Crippen LogP contribution in [0.15, 0.2) is 42.1 Å². The maximum absolute atomic E-state index is 3.72. The lowest BCUT2D eigenvalue weighted by Crippen LogP contribution is -2.09. The van der Waals surface area contributed by atoms with E-state index in [1.165, 1.54) is 0 Å². The van der Waals surface area contributed by atoms with Crippen LogP contribution in [0.25, 0.3) is 0 Å². The topological polar surface area (TPSA) is 24.4 Å². The summed E-state index contributed by atoms with van der Waals surface area (Å²) < 4.78 is 0. The Bertz CT molecular complexity index is 178. The van der Waals surface area contributed by atoms with Gasteiger partial charge < -0.3 is 5.32 Å². The zero-order valence-corrected chi connectivity index (χ0v) is 6.22. The van der Waals surface area contributed by atoms with Crippen LogP contribution in [-0.4, -0.2) is 13.4 Å². The zero-order valence-electron chi connectivity index (χ0n) is 6.22. The number of aliphatic imine (C=N–C) groups is 1. The largest absolute Gasteiger partial charge is 0.347 e. The molecule has 0 aliphatic rings. The van der Waals surface area contributed by atoms with Crippen LogP contribution in [-0.2, 0) is 0 Å². The Morgan fingerprint density at radius 2 is 2.10 bits per heavy atom. The van der Waals surface area contributed by atoms with Gasteiger partial charge in [0.25, 0.3) is 0 Å². The van der Waals surface area contributed by atoms with Crippen molar-refractivity contribution in [3.8, 4) is 0 Å². The molecule has 0 saturated heterocycles. The van der Waals surface area contributed by atoms with E-state index >= 15 is 0 Å². The smallest absolute Gasteiger partial charge is 0.0864 e. The molecular formula is C8H12N2. The van der Waals surface area contributed by atoms with Crippen molar-refractivity contribution in [2.45, 2.75) is 0 Å². The van der Waals surface area contributed by atoms with Gasteiger partial charge in [0.1, 0.15) is 0 Å². The second kappa shape index (κ2) is 4.56. The van der Waals surface area contributed by atoms with Gasteiger partial charge in [-0.05, 0) is 5.57 Å². The molecule has 0 unspecified atom stereocenters. The summed E-state index contributed by atoms with van der Waals surface area (Å²) in [4.78, 5) is 3.72. The van der Waals surface area contributed by atoms with E-state index in [0.29, 0.717) is 0 Å². The molecule has 0 aromatic heterocycles. The molecule has 0 rings (SSSR count). The SMILES string of the molecule is C=CC(=C)C(=C)NC=NC. The van der Waals surface area contributed by atoms with Gasteiger partial charge in [-0.3, -0.25) is 4.99 Å². The number of hydrogen-bond acceptors (Lipinski definition) is 1. The minimum Gasteiger partial charge on any atom is -0.347 e. The first kappa shape index (κ1) is 8.69. The maximum Gasteiger partial charge on any atom is 0.0864 e. The predicted molar refractivity (Wildman–Crippen MR) is 46.0 cm³/mol. The Labute approximate surface area is 61.7 Å². The molecule has 0 spiro atoms. The summed E-state index contributed by atoms with van der Waals surface area (Å²) in [5.74, 6) is 0. The first-order chi connectivity index (χ1) is 4.72. The van der Waals surface area contributed by atoms with E-state index in [-0.39, 0.29) is 0 Å². The molecule has 0 atom stereocenters. The summed E-state index contributed by atoms with van der Waals surface area (Å²) in [6.45, 7) is 10.9. The molecule has 2 nitrogen and oxygen atoms in total. The second-order valence-electron chi connectivity index (χ2n) is 1.74. The fourth-order valence-corrected chi connectivity index (χ4v) is 0.358. The number of hydrogen-bond donors (Lipinski definition) is 1. The average molecular weight is 136 g/mol. The molecule has 10 heavy (non-hydrogen) atoms. The minimum absolute atomic E-state index is 0.723. The summed E-state index contributed by atoms with van der Waals surface area (Å²) in [5, 5.41) is 2.83. The Hall–Kier alpha value is -1.31. The molecule has 0 aliphatic carbocycles. The number of nitrogens with one attached hydrogen (secondary N) is 1. The van der Waals surface area contributed by atoms with E-state index in [1.807, 2.05) is 0 Å². The maximum atomic E-state index is 3.72. The van der Waals surface area contributed by atoms with Crippen LogP contribution in [0.4, 0.5) is 0 Å². The van der Waals surface area contributed by atoms with Gasteiger partial charge in [0, 0.05) is 12.7 Å². The van der Waals surface area contributed by atoms with Crippen molar-refractivity contribution >= 4 is 6.34 Å². The third-order valence-electron chi connectivity index (χ3n) is 1.00. The van der Waals surface area contributed by atoms with E-state index in [9.17, 15) is 0 Å². The predicted octanol–water partition coefficient (Wildman–Crippen LogP) is 1.49. The molecule has 0 radical (unpaired) electrons. The van der Waals surface area contributed by atoms with Crippen molar-refractivity contribution in [2.75, 3.05) is 7.05 Å². The molecule has 0 fully saturated rings. The van der Waals surface area contributed by atoms with Crippen LogP contribution in [0.5, 0.6) is 0 Å². The van der Waals surface area contributed by atoms with Crippen LogP contribution in [0, 0.1) is 0 Å². The summed E-state index contributed by atoms with van der Waals surface area (Å²) >= 11 is 0. The van der Waals surface area contributed by atoms with Gasteiger partial charge in [-0.25, -0.2) is 0 Å². The zero-order chi connectivity index (χ0) is 7.98. The quantitative estimate of drug-likeness (QED) is 0.353. The number of rotatable bonds is 4. The summed E-state index contributed by atoms with van der Waals surface area (Å²) in [6.07, 6.45) is 3.19. The molecule has 2 heteroatoms. The molecule has 0 bridgehead atoms. The molecule has 1 N–H and O–H groups in total. The van der Waals surface area contributed by atoms with Crippen molar-refractivity contribution in [1.29, 1.82) is 0 Å². The first-order valence-electron chi connectivity index (χ1n) is 2.90. The number of nitrogens with zero attached hydrogens (tertiary/aromatic N) is 1. The van der Waals surface area contributed by atoms with Crippen LogP contribution in [0.1, 0.15) is 0 Å². The van der Waals surface area contributed by atoms with Gasteiger partial charge in [-0.1, -0.05) is 25.8 Å². The second-order valence-corrected chi connectivity index (χ2v) is 1.74. The lowest BCUT2D eigenvalue weighted by atomic mass is 10.2. The third kappa shape index (κ3) is 2.87. The highest BCUT2D eigenvalue weighted by Crippen LogP contribution is 1.99. The summed E-state index contributed by atoms with van der Waals surface area (Å²) in [5.41, 5.74) is 1.50. The average Bonchev–Trinajstić information content (AvgIpc) is 1.98. The van der Waals surface area contributed by atoms with E-state index in [4.69, 9.17) is 0 Å². The first-order valence-corrected chi connectivity index (χ1v) is 2.90. The van der Waals surface area contributed by atoms with Gasteiger partial charge >= 0.3 is 0 Å². The van der Waals surface area contributed by atoms with Crippen molar-refractivity contribution in [1.82, 2.24) is 5.32 Å². The Balaban J connectivity index is 3.85. The van der Waals surface area contributed by atoms with E-state index in [0.717, 1.165) is 11.3 Å². The van der Waals surface area contributed by atoms with Gasteiger partial charge in [-0.15, -0.1) is 0 Å². The standard InChI is InChI=1S/C8H12N2/c1-5-7(2)8(3)10-6-9-4/h5-6H,1-3H2,4H3,(H,9,10). The molecule has 54 valence electrons. The molecule has 0 aliphatic heterocycles. The number of allylic oxidation sites excluding steroid dienone is 1. The molecule has 0 aromatic carbocycles. The normalized spacial score (nSPS) is 9.30. The van der Waals surface area contributed by atoms with Gasteiger partial charge in [0.2, 0.25) is 0 Å². The third-order valence-corrected chi connectivity index (χ3v) is 1.00. The van der Waals surface area contributed by atoms with Crippen LogP contribution in [0.2, 0.25) is 0 Å². The van der Waals surface area contributed by atoms with E-state index in [1.54, 1.807) is 19.5 Å². The summed E-state index contributed by atoms with van der Waals surface area (Å²) in [7, 11) is 1.68.